The molecule has 0 saturated heterocycles. The van der Waals surface area contributed by atoms with Crippen LogP contribution in [0, 0.1) is 0 Å². The maximum Gasteiger partial charge on any atom is 0.280 e. The maximum absolute atomic E-state index is 12.5. The highest BCUT2D eigenvalue weighted by Gasteiger charge is 2.18. The Balaban J connectivity index is 1.86. The Morgan fingerprint density at radius 2 is 1.93 bits per heavy atom. The Hall–Kier alpha value is -2.56. The van der Waals surface area contributed by atoms with Gasteiger partial charge >= 0.3 is 0 Å². The number of fused-ring (bicyclic) bond motifs is 1. The fraction of sp³-hybridized carbons (Fsp3) is 0.235. The van der Waals surface area contributed by atoms with Crippen molar-refractivity contribution in [2.75, 3.05) is 19.5 Å². The topological polar surface area (TPSA) is 101 Å². The molecule has 0 aliphatic carbocycles. The van der Waals surface area contributed by atoms with Crippen LogP contribution in [0.3, 0.4) is 0 Å². The van der Waals surface area contributed by atoms with Gasteiger partial charge in [-0.2, -0.15) is 0 Å². The molecular formula is C17H18N4O4S2. The smallest absolute Gasteiger partial charge is 0.267 e. The van der Waals surface area contributed by atoms with Crippen molar-refractivity contribution in [2.24, 2.45) is 0 Å². The third-order valence-corrected chi connectivity index (χ3v) is 6.99. The molecule has 0 saturated carbocycles. The molecule has 1 N–H and O–H groups in total. The number of carbonyl (C=O) groups is 1. The summed E-state index contributed by atoms with van der Waals surface area (Å²) in [6, 6.07) is 7.26. The molecule has 0 bridgehead atoms. The normalized spacial score (nSPS) is 11.9. The van der Waals surface area contributed by atoms with E-state index in [1.807, 2.05) is 6.92 Å². The highest BCUT2D eigenvalue weighted by atomic mass is 32.2. The SMILES string of the molecule is CCc1cc2c(=O)n(NC(=O)c3ccc(S(=O)(=O)N(C)C)cc3)cnc2s1. The minimum atomic E-state index is -3.57. The molecule has 142 valence electrons. The minimum Gasteiger partial charge on any atom is -0.267 e. The Labute approximate surface area is 160 Å². The summed E-state index contributed by atoms with van der Waals surface area (Å²) in [6.07, 6.45) is 2.07. The average Bonchev–Trinajstić information content (AvgIpc) is 3.08. The molecule has 0 radical (unpaired) electrons. The molecular weight excluding hydrogens is 388 g/mol. The molecule has 3 rings (SSSR count). The van der Waals surface area contributed by atoms with Crippen molar-refractivity contribution in [1.29, 1.82) is 0 Å². The molecule has 3 aromatic rings. The summed E-state index contributed by atoms with van der Waals surface area (Å²) in [5.41, 5.74) is 2.33. The van der Waals surface area contributed by atoms with E-state index in [0.29, 0.717) is 10.2 Å². The van der Waals surface area contributed by atoms with Crippen LogP contribution in [0.4, 0.5) is 0 Å². The third-order valence-electron chi connectivity index (χ3n) is 3.97. The second kappa shape index (κ2) is 7.22. The lowest BCUT2D eigenvalue weighted by atomic mass is 10.2. The molecule has 0 aliphatic heterocycles. The first-order chi connectivity index (χ1) is 12.7. The van der Waals surface area contributed by atoms with Crippen molar-refractivity contribution in [2.45, 2.75) is 18.2 Å². The van der Waals surface area contributed by atoms with Gasteiger partial charge in [-0.15, -0.1) is 11.3 Å². The first-order valence-electron chi connectivity index (χ1n) is 8.08. The molecule has 2 aromatic heterocycles. The van der Waals surface area contributed by atoms with Gasteiger partial charge in [-0.1, -0.05) is 6.92 Å². The standard InChI is InChI=1S/C17H18N4O4S2/c1-4-12-9-14-16(26-12)18-10-21(17(14)23)19-15(22)11-5-7-13(8-6-11)27(24,25)20(2)3/h5-10H,4H2,1-3H3,(H,19,22). The molecule has 0 spiro atoms. The Kier molecular flexibility index (Phi) is 5.13. The molecule has 0 aliphatic rings. The van der Waals surface area contributed by atoms with E-state index < -0.39 is 15.9 Å². The maximum atomic E-state index is 12.5. The van der Waals surface area contributed by atoms with Gasteiger partial charge in [-0.3, -0.25) is 15.0 Å². The molecule has 27 heavy (non-hydrogen) atoms. The molecule has 8 nitrogen and oxygen atoms in total. The molecule has 0 fully saturated rings. The molecule has 2 heterocycles. The molecule has 1 aromatic carbocycles. The van der Waals surface area contributed by atoms with Gasteiger partial charge in [0.1, 0.15) is 11.2 Å². The number of nitrogens with zero attached hydrogens (tertiary/aromatic N) is 3. The number of thiophene rings is 1. The van der Waals surface area contributed by atoms with Crippen molar-refractivity contribution >= 4 is 37.5 Å². The summed E-state index contributed by atoms with van der Waals surface area (Å²) in [7, 11) is -0.711. The number of hydrogen-bond acceptors (Lipinski definition) is 6. The van der Waals surface area contributed by atoms with E-state index in [4.69, 9.17) is 0 Å². The number of amides is 1. The van der Waals surface area contributed by atoms with Crippen LogP contribution >= 0.6 is 11.3 Å². The molecule has 10 heteroatoms. The highest BCUT2D eigenvalue weighted by molar-refractivity contribution is 7.89. The van der Waals surface area contributed by atoms with Gasteiger partial charge in [0.25, 0.3) is 11.5 Å². The van der Waals surface area contributed by atoms with Crippen LogP contribution in [0.15, 0.2) is 46.3 Å². The van der Waals surface area contributed by atoms with Crippen molar-refractivity contribution in [3.63, 3.8) is 0 Å². The summed E-state index contributed by atoms with van der Waals surface area (Å²) in [6.45, 7) is 1.99. The fourth-order valence-corrected chi connectivity index (χ4v) is 4.22. The van der Waals surface area contributed by atoms with Gasteiger partial charge in [-0.05, 0) is 36.8 Å². The lowest BCUT2D eigenvalue weighted by Crippen LogP contribution is -2.33. The van der Waals surface area contributed by atoms with E-state index in [-0.39, 0.29) is 16.0 Å². The van der Waals surface area contributed by atoms with Crippen molar-refractivity contribution in [3.05, 3.63) is 57.5 Å². The second-order valence-corrected chi connectivity index (χ2v) is 9.22. The zero-order chi connectivity index (χ0) is 19.8. The van der Waals surface area contributed by atoms with Gasteiger partial charge in [0.15, 0.2) is 0 Å². The number of carbonyl (C=O) groups excluding carboxylic acids is 1. The summed E-state index contributed by atoms with van der Waals surface area (Å²) >= 11 is 1.44. The monoisotopic (exact) mass is 406 g/mol. The Morgan fingerprint density at radius 3 is 2.52 bits per heavy atom. The van der Waals surface area contributed by atoms with Crippen LogP contribution in [-0.4, -0.2) is 42.4 Å². The number of aromatic nitrogens is 2. The van der Waals surface area contributed by atoms with Crippen LogP contribution in [0.25, 0.3) is 10.2 Å². The number of benzene rings is 1. The zero-order valence-electron chi connectivity index (χ0n) is 15.0. The van der Waals surface area contributed by atoms with Crippen LogP contribution in [0.1, 0.15) is 22.2 Å². The van der Waals surface area contributed by atoms with Crippen molar-refractivity contribution in [3.8, 4) is 0 Å². The van der Waals surface area contributed by atoms with Gasteiger partial charge < -0.3 is 0 Å². The van der Waals surface area contributed by atoms with Crippen LogP contribution in [-0.2, 0) is 16.4 Å². The first-order valence-corrected chi connectivity index (χ1v) is 10.3. The van der Waals surface area contributed by atoms with Crippen LogP contribution in [0.5, 0.6) is 0 Å². The Morgan fingerprint density at radius 1 is 1.26 bits per heavy atom. The van der Waals surface area contributed by atoms with E-state index in [1.54, 1.807) is 6.07 Å². The summed E-state index contributed by atoms with van der Waals surface area (Å²) in [4.78, 5) is 30.9. The van der Waals surface area contributed by atoms with E-state index in [0.717, 1.165) is 20.3 Å². The van der Waals surface area contributed by atoms with Crippen molar-refractivity contribution in [1.82, 2.24) is 14.0 Å². The van der Waals surface area contributed by atoms with Gasteiger partial charge in [0, 0.05) is 24.5 Å². The van der Waals surface area contributed by atoms with E-state index in [1.165, 1.54) is 56.0 Å². The lowest BCUT2D eigenvalue weighted by molar-refractivity contribution is 0.101. The fourth-order valence-electron chi connectivity index (χ4n) is 2.39. The number of nitrogens with one attached hydrogen (secondary N) is 1. The average molecular weight is 406 g/mol. The second-order valence-electron chi connectivity index (χ2n) is 5.96. The summed E-state index contributed by atoms with van der Waals surface area (Å²) < 4.78 is 26.3. The predicted octanol–water partition coefficient (Wildman–Crippen LogP) is 1.65. The number of aryl methyl sites for hydroxylation is 1. The van der Waals surface area contributed by atoms with Gasteiger partial charge in [0.05, 0.1) is 10.3 Å². The zero-order valence-corrected chi connectivity index (χ0v) is 16.6. The van der Waals surface area contributed by atoms with E-state index in [2.05, 4.69) is 10.4 Å². The molecule has 1 amide bonds. The quantitative estimate of drug-likeness (QED) is 0.694. The van der Waals surface area contributed by atoms with Crippen LogP contribution < -0.4 is 11.0 Å². The summed E-state index contributed by atoms with van der Waals surface area (Å²) in [5, 5.41) is 0.451. The number of rotatable bonds is 5. The van der Waals surface area contributed by atoms with Gasteiger partial charge in [0.2, 0.25) is 10.0 Å². The van der Waals surface area contributed by atoms with E-state index in [9.17, 15) is 18.0 Å². The largest absolute Gasteiger partial charge is 0.280 e. The highest BCUT2D eigenvalue weighted by Crippen LogP contribution is 2.21. The lowest BCUT2D eigenvalue weighted by Gasteiger charge is -2.12. The van der Waals surface area contributed by atoms with Crippen LogP contribution in [0.2, 0.25) is 0 Å². The predicted molar refractivity (Wildman–Crippen MR) is 104 cm³/mol. The third kappa shape index (κ3) is 3.64. The Bertz CT molecular complexity index is 1160. The first kappa shape index (κ1) is 19.2. The molecule has 0 unspecified atom stereocenters. The van der Waals surface area contributed by atoms with Crippen molar-refractivity contribution < 1.29 is 13.2 Å². The molecule has 0 atom stereocenters. The summed E-state index contributed by atoms with van der Waals surface area (Å²) in [5.74, 6) is -0.544. The van der Waals surface area contributed by atoms with Gasteiger partial charge in [-0.25, -0.2) is 22.4 Å². The minimum absolute atomic E-state index is 0.0784. The van der Waals surface area contributed by atoms with E-state index >= 15 is 0 Å². The number of sulfonamides is 1. The number of hydrogen-bond donors (Lipinski definition) is 1.